The second kappa shape index (κ2) is 7.64. The van der Waals surface area contributed by atoms with Crippen LogP contribution in [0.15, 0.2) is 77.9 Å². The summed E-state index contributed by atoms with van der Waals surface area (Å²) in [6, 6.07) is 20.1. The summed E-state index contributed by atoms with van der Waals surface area (Å²) in [5.74, 6) is -2.48. The largest absolute Gasteiger partial charge is 0.292 e. The molecular weight excluding hydrogens is 450 g/mol. The zero-order valence-corrected chi connectivity index (χ0v) is 19.0. The van der Waals surface area contributed by atoms with Crippen LogP contribution >= 0.6 is 11.6 Å². The lowest BCUT2D eigenvalue weighted by atomic mass is 9.83. The summed E-state index contributed by atoms with van der Waals surface area (Å²) in [4.78, 5) is 42.6. The zero-order chi connectivity index (χ0) is 23.6. The Morgan fingerprint density at radius 2 is 1.56 bits per heavy atom. The van der Waals surface area contributed by atoms with E-state index in [1.165, 1.54) is 4.90 Å². The first-order chi connectivity index (χ1) is 16.5. The predicted octanol–water partition coefficient (Wildman–Crippen LogP) is 4.41. The van der Waals surface area contributed by atoms with Gasteiger partial charge in [-0.3, -0.25) is 19.4 Å². The molecule has 3 aromatic rings. The molecule has 7 heteroatoms. The van der Waals surface area contributed by atoms with Crippen LogP contribution in [-0.2, 0) is 9.59 Å². The van der Waals surface area contributed by atoms with Gasteiger partial charge in [0.2, 0.25) is 11.8 Å². The number of hydrogen-bond donors (Lipinski definition) is 0. The molecule has 0 aromatic heterocycles. The number of hydrogen-bond acceptors (Lipinski definition) is 5. The van der Waals surface area contributed by atoms with Crippen molar-refractivity contribution in [3.8, 4) is 0 Å². The highest BCUT2D eigenvalue weighted by Gasteiger charge is 2.65. The fraction of sp³-hybridized carbons (Fsp3) is 0.185. The maximum Gasteiger partial charge on any atom is 0.240 e. The summed E-state index contributed by atoms with van der Waals surface area (Å²) < 4.78 is 0. The molecule has 3 aliphatic heterocycles. The van der Waals surface area contributed by atoms with E-state index in [4.69, 9.17) is 11.6 Å². The van der Waals surface area contributed by atoms with Gasteiger partial charge in [-0.1, -0.05) is 53.6 Å². The molecule has 0 bridgehead atoms. The molecule has 34 heavy (non-hydrogen) atoms. The van der Waals surface area contributed by atoms with Crippen molar-refractivity contribution in [3.05, 3.63) is 100 Å². The summed E-state index contributed by atoms with van der Waals surface area (Å²) in [5.41, 5.74) is 3.76. The van der Waals surface area contributed by atoms with Gasteiger partial charge < -0.3 is 0 Å². The van der Waals surface area contributed by atoms with Crippen molar-refractivity contribution >= 4 is 41.1 Å². The van der Waals surface area contributed by atoms with Crippen LogP contribution in [0.1, 0.15) is 33.1 Å². The van der Waals surface area contributed by atoms with Gasteiger partial charge in [-0.2, -0.15) is 5.10 Å². The minimum atomic E-state index is -0.896. The molecule has 0 aliphatic carbocycles. The van der Waals surface area contributed by atoms with E-state index in [1.54, 1.807) is 47.6 Å². The first-order valence-corrected chi connectivity index (χ1v) is 11.5. The minimum absolute atomic E-state index is 0.252. The van der Waals surface area contributed by atoms with Gasteiger partial charge in [-0.05, 0) is 54.4 Å². The van der Waals surface area contributed by atoms with Gasteiger partial charge in [-0.15, -0.1) is 0 Å². The highest BCUT2D eigenvalue weighted by atomic mass is 35.5. The molecule has 0 radical (unpaired) electrons. The van der Waals surface area contributed by atoms with Crippen LogP contribution < -0.4 is 4.90 Å². The Morgan fingerprint density at radius 3 is 2.29 bits per heavy atom. The normalized spacial score (nSPS) is 24.8. The molecule has 3 aliphatic rings. The van der Waals surface area contributed by atoms with Crippen LogP contribution in [0.25, 0.3) is 0 Å². The number of benzene rings is 3. The SMILES string of the molecule is Cc1ccc(N2C(=O)[C@H]3[C@@H](C2=O)C2c4ccccc4C=NN2[C@H]3C(=O)c2ccc(Cl)cc2)cc1. The van der Waals surface area contributed by atoms with Crippen LogP contribution in [0.4, 0.5) is 5.69 Å². The smallest absolute Gasteiger partial charge is 0.240 e. The van der Waals surface area contributed by atoms with Crippen molar-refractivity contribution in [2.75, 3.05) is 4.90 Å². The average Bonchev–Trinajstić information content (AvgIpc) is 3.32. The van der Waals surface area contributed by atoms with Crippen molar-refractivity contribution in [1.29, 1.82) is 0 Å². The van der Waals surface area contributed by atoms with Gasteiger partial charge in [0, 0.05) is 10.6 Å². The number of Topliss-reactive ketones (excluding diaryl/α,β-unsaturated/α-hetero) is 1. The van der Waals surface area contributed by atoms with Crippen molar-refractivity contribution in [2.24, 2.45) is 16.9 Å². The maximum atomic E-state index is 13.8. The second-order valence-corrected chi connectivity index (χ2v) is 9.35. The third-order valence-electron chi connectivity index (χ3n) is 6.98. The molecule has 2 fully saturated rings. The molecule has 2 amide bonds. The first kappa shape index (κ1) is 20.8. The van der Waals surface area contributed by atoms with Gasteiger partial charge in [0.05, 0.1) is 29.8 Å². The molecule has 3 heterocycles. The monoisotopic (exact) mass is 469 g/mol. The number of aryl methyl sites for hydroxylation is 1. The predicted molar refractivity (Wildman–Crippen MR) is 129 cm³/mol. The fourth-order valence-corrected chi connectivity index (χ4v) is 5.53. The van der Waals surface area contributed by atoms with E-state index < -0.39 is 23.9 Å². The van der Waals surface area contributed by atoms with E-state index in [-0.39, 0.29) is 17.6 Å². The number of rotatable bonds is 3. The third kappa shape index (κ3) is 2.95. The van der Waals surface area contributed by atoms with E-state index >= 15 is 0 Å². The maximum absolute atomic E-state index is 13.8. The number of fused-ring (bicyclic) bond motifs is 5. The highest BCUT2D eigenvalue weighted by Crippen LogP contribution is 2.53. The molecule has 168 valence electrons. The molecule has 6 rings (SSSR count). The minimum Gasteiger partial charge on any atom is -0.292 e. The number of hydrazone groups is 1. The molecule has 0 saturated carbocycles. The number of imide groups is 1. The van der Waals surface area contributed by atoms with Crippen molar-refractivity contribution in [1.82, 2.24) is 5.01 Å². The van der Waals surface area contributed by atoms with Crippen LogP contribution in [0.5, 0.6) is 0 Å². The summed E-state index contributed by atoms with van der Waals surface area (Å²) in [5, 5.41) is 6.76. The highest BCUT2D eigenvalue weighted by molar-refractivity contribution is 6.30. The number of halogens is 1. The lowest BCUT2D eigenvalue weighted by molar-refractivity contribution is -0.124. The standard InChI is InChI=1S/C27H20ClN3O3/c1-15-6-12-19(13-7-15)30-26(33)21-22(27(30)34)24(25(32)16-8-10-18(28)11-9-16)31-23(21)20-5-3-2-4-17(20)14-29-31/h2-14,21-24H,1H3/t21-,22+,23?,24-/m1/s1. The van der Waals surface area contributed by atoms with Crippen molar-refractivity contribution in [3.63, 3.8) is 0 Å². The van der Waals surface area contributed by atoms with Crippen LogP contribution in [0.3, 0.4) is 0 Å². The molecule has 6 nitrogen and oxygen atoms in total. The fourth-order valence-electron chi connectivity index (χ4n) is 5.40. The van der Waals surface area contributed by atoms with E-state index in [2.05, 4.69) is 5.10 Å². The molecule has 0 N–H and O–H groups in total. The Balaban J connectivity index is 1.49. The average molecular weight is 470 g/mol. The van der Waals surface area contributed by atoms with Gasteiger partial charge >= 0.3 is 0 Å². The second-order valence-electron chi connectivity index (χ2n) is 8.91. The van der Waals surface area contributed by atoms with Gasteiger partial charge in [0.1, 0.15) is 6.04 Å². The lowest BCUT2D eigenvalue weighted by Gasteiger charge is -2.33. The van der Waals surface area contributed by atoms with Crippen LogP contribution in [0.2, 0.25) is 5.02 Å². The number of nitrogens with zero attached hydrogens (tertiary/aromatic N) is 3. The van der Waals surface area contributed by atoms with E-state index in [1.807, 2.05) is 43.3 Å². The van der Waals surface area contributed by atoms with Gasteiger partial charge in [-0.25, -0.2) is 4.90 Å². The van der Waals surface area contributed by atoms with Gasteiger partial charge in [0.25, 0.3) is 0 Å². The molecule has 4 atom stereocenters. The topological polar surface area (TPSA) is 70.1 Å². The molecular formula is C27H20ClN3O3. The van der Waals surface area contributed by atoms with Crippen LogP contribution in [-0.4, -0.2) is 34.9 Å². The van der Waals surface area contributed by atoms with E-state index in [0.29, 0.717) is 16.3 Å². The number of carbonyl (C=O) groups is 3. The number of carbonyl (C=O) groups excluding carboxylic acids is 3. The van der Waals surface area contributed by atoms with Crippen LogP contribution in [0, 0.1) is 18.8 Å². The molecule has 3 aromatic carbocycles. The Hall–Kier alpha value is -3.77. The number of anilines is 1. The van der Waals surface area contributed by atoms with E-state index in [9.17, 15) is 14.4 Å². The first-order valence-electron chi connectivity index (χ1n) is 11.1. The lowest BCUT2D eigenvalue weighted by Crippen LogP contribution is -2.44. The Kier molecular flexibility index (Phi) is 4.67. The van der Waals surface area contributed by atoms with E-state index in [0.717, 1.165) is 16.7 Å². The Bertz CT molecular complexity index is 1370. The number of amides is 2. The van der Waals surface area contributed by atoms with Crippen molar-refractivity contribution in [2.45, 2.75) is 19.0 Å². The summed E-state index contributed by atoms with van der Waals surface area (Å²) in [6.07, 6.45) is 1.70. The molecule has 2 saturated heterocycles. The number of ketones is 1. The molecule has 0 spiro atoms. The zero-order valence-electron chi connectivity index (χ0n) is 18.3. The molecule has 1 unspecified atom stereocenters. The van der Waals surface area contributed by atoms with Crippen molar-refractivity contribution < 1.29 is 14.4 Å². The summed E-state index contributed by atoms with van der Waals surface area (Å²) >= 11 is 6.02. The van der Waals surface area contributed by atoms with Gasteiger partial charge in [0.15, 0.2) is 5.78 Å². The summed E-state index contributed by atoms with van der Waals surface area (Å²) in [6.45, 7) is 1.95. The Labute approximate surface area is 201 Å². The third-order valence-corrected chi connectivity index (χ3v) is 7.23. The Morgan fingerprint density at radius 1 is 0.882 bits per heavy atom. The quantitative estimate of drug-likeness (QED) is 0.421. The summed E-state index contributed by atoms with van der Waals surface area (Å²) in [7, 11) is 0.